The Morgan fingerprint density at radius 3 is 2.38 bits per heavy atom. The summed E-state index contributed by atoms with van der Waals surface area (Å²) in [5, 5.41) is 2.44. The van der Waals surface area contributed by atoms with Gasteiger partial charge in [0.25, 0.3) is 5.91 Å². The van der Waals surface area contributed by atoms with E-state index in [2.05, 4.69) is 20.2 Å². The summed E-state index contributed by atoms with van der Waals surface area (Å²) in [4.78, 5) is 24.8. The number of aromatic nitrogens is 2. The number of anilines is 2. The van der Waals surface area contributed by atoms with Crippen LogP contribution in [-0.2, 0) is 6.18 Å². The largest absolute Gasteiger partial charge is 0.416 e. The Kier molecular flexibility index (Phi) is 5.08. The van der Waals surface area contributed by atoms with Crippen molar-refractivity contribution in [1.82, 2.24) is 14.9 Å². The molecule has 0 unspecified atom stereocenters. The lowest BCUT2D eigenvalue weighted by molar-refractivity contribution is -0.137. The topological polar surface area (TPSA) is 61.4 Å². The smallest absolute Gasteiger partial charge is 0.338 e. The van der Waals surface area contributed by atoms with Crippen molar-refractivity contribution in [2.75, 3.05) is 43.4 Å². The summed E-state index contributed by atoms with van der Waals surface area (Å²) < 4.78 is 38.2. The number of benzene rings is 1. The van der Waals surface area contributed by atoms with Gasteiger partial charge in [-0.1, -0.05) is 6.07 Å². The highest BCUT2D eigenvalue weighted by molar-refractivity contribution is 6.03. The van der Waals surface area contributed by atoms with Crippen molar-refractivity contribution in [2.24, 2.45) is 0 Å². The van der Waals surface area contributed by atoms with Crippen molar-refractivity contribution in [2.45, 2.75) is 6.18 Å². The SMILES string of the molecule is CN1CCN(c2ncc(C(=O)Nc3cccc(C(F)(F)F)c3)cn2)CC1. The molecule has 1 aromatic carbocycles. The first-order chi connectivity index (χ1) is 12.3. The second-order valence-corrected chi connectivity index (χ2v) is 6.09. The standard InChI is InChI=1S/C17H18F3N5O/c1-24-5-7-25(8-6-24)16-21-10-12(11-22-16)15(26)23-14-4-2-3-13(9-14)17(18,19)20/h2-4,9-11H,5-8H2,1H3,(H,23,26). The molecule has 0 aliphatic carbocycles. The third-order valence-corrected chi connectivity index (χ3v) is 4.13. The molecule has 1 aliphatic rings. The van der Waals surface area contributed by atoms with E-state index in [4.69, 9.17) is 0 Å². The number of halogens is 3. The van der Waals surface area contributed by atoms with E-state index in [1.165, 1.54) is 24.5 Å². The van der Waals surface area contributed by atoms with E-state index in [0.29, 0.717) is 5.95 Å². The van der Waals surface area contributed by atoms with Gasteiger partial charge in [-0.05, 0) is 25.2 Å². The summed E-state index contributed by atoms with van der Waals surface area (Å²) in [5.41, 5.74) is -0.578. The van der Waals surface area contributed by atoms with Crippen LogP contribution in [0.2, 0.25) is 0 Å². The number of alkyl halides is 3. The van der Waals surface area contributed by atoms with E-state index in [1.54, 1.807) is 0 Å². The summed E-state index contributed by atoms with van der Waals surface area (Å²) in [6, 6.07) is 4.47. The third-order valence-electron chi connectivity index (χ3n) is 4.13. The zero-order valence-electron chi connectivity index (χ0n) is 14.1. The van der Waals surface area contributed by atoms with Gasteiger partial charge in [0.15, 0.2) is 0 Å². The van der Waals surface area contributed by atoms with Crippen molar-refractivity contribution in [3.05, 3.63) is 47.8 Å². The van der Waals surface area contributed by atoms with Crippen molar-refractivity contribution in [3.8, 4) is 0 Å². The first kappa shape index (κ1) is 18.1. The minimum absolute atomic E-state index is 0.0629. The Morgan fingerprint density at radius 1 is 1.12 bits per heavy atom. The van der Waals surface area contributed by atoms with E-state index in [1.807, 2.05) is 11.9 Å². The number of hydrogen-bond acceptors (Lipinski definition) is 5. The van der Waals surface area contributed by atoms with Crippen LogP contribution in [0.5, 0.6) is 0 Å². The lowest BCUT2D eigenvalue weighted by atomic mass is 10.2. The average molecular weight is 365 g/mol. The molecule has 1 aliphatic heterocycles. The number of carbonyl (C=O) groups is 1. The predicted molar refractivity (Wildman–Crippen MR) is 91.1 cm³/mol. The summed E-state index contributed by atoms with van der Waals surface area (Å²) in [7, 11) is 2.04. The molecule has 1 aromatic heterocycles. The first-order valence-corrected chi connectivity index (χ1v) is 8.07. The maximum atomic E-state index is 12.7. The maximum Gasteiger partial charge on any atom is 0.416 e. The summed E-state index contributed by atoms with van der Waals surface area (Å²) in [6.07, 6.45) is -1.71. The second kappa shape index (κ2) is 7.28. The molecule has 0 bridgehead atoms. The summed E-state index contributed by atoms with van der Waals surface area (Å²) in [5.74, 6) is -0.0250. The van der Waals surface area contributed by atoms with E-state index in [0.717, 1.165) is 38.3 Å². The van der Waals surface area contributed by atoms with Gasteiger partial charge in [0.05, 0.1) is 11.1 Å². The molecule has 138 valence electrons. The molecule has 2 aromatic rings. The highest BCUT2D eigenvalue weighted by atomic mass is 19.4. The Hall–Kier alpha value is -2.68. The first-order valence-electron chi connectivity index (χ1n) is 8.07. The Morgan fingerprint density at radius 2 is 1.77 bits per heavy atom. The third kappa shape index (κ3) is 4.29. The molecule has 1 saturated heterocycles. The Labute approximate surface area is 148 Å². The monoisotopic (exact) mass is 365 g/mol. The van der Waals surface area contributed by atoms with Crippen LogP contribution in [0, 0.1) is 0 Å². The highest BCUT2D eigenvalue weighted by Gasteiger charge is 2.30. The van der Waals surface area contributed by atoms with Gasteiger partial charge in [-0.25, -0.2) is 9.97 Å². The fourth-order valence-electron chi connectivity index (χ4n) is 2.58. The minimum atomic E-state index is -4.46. The molecular weight excluding hydrogens is 347 g/mol. The predicted octanol–water partition coefficient (Wildman–Crippen LogP) is 2.50. The van der Waals surface area contributed by atoms with Crippen LogP contribution in [0.25, 0.3) is 0 Å². The summed E-state index contributed by atoms with van der Waals surface area (Å²) in [6.45, 7) is 3.40. The minimum Gasteiger partial charge on any atom is -0.338 e. The van der Waals surface area contributed by atoms with E-state index in [-0.39, 0.29) is 11.3 Å². The molecule has 1 amide bonds. The number of carbonyl (C=O) groups excluding carboxylic acids is 1. The van der Waals surface area contributed by atoms with Crippen molar-refractivity contribution >= 4 is 17.5 Å². The van der Waals surface area contributed by atoms with Crippen molar-refractivity contribution in [3.63, 3.8) is 0 Å². The van der Waals surface area contributed by atoms with Crippen LogP contribution in [0.15, 0.2) is 36.7 Å². The van der Waals surface area contributed by atoms with Gasteiger partial charge in [0, 0.05) is 44.3 Å². The number of nitrogens with one attached hydrogen (secondary N) is 1. The quantitative estimate of drug-likeness (QED) is 0.906. The number of likely N-dealkylation sites (N-methyl/N-ethyl adjacent to an activating group) is 1. The van der Waals surface area contributed by atoms with Gasteiger partial charge in [0.1, 0.15) is 0 Å². The number of piperazine rings is 1. The molecular formula is C17H18F3N5O. The molecule has 6 nitrogen and oxygen atoms in total. The number of hydrogen-bond donors (Lipinski definition) is 1. The van der Waals surface area contributed by atoms with Crippen molar-refractivity contribution < 1.29 is 18.0 Å². The molecule has 1 N–H and O–H groups in total. The number of amides is 1. The van der Waals surface area contributed by atoms with Crippen LogP contribution in [-0.4, -0.2) is 54.0 Å². The molecule has 0 radical (unpaired) electrons. The van der Waals surface area contributed by atoms with Gasteiger partial charge < -0.3 is 15.1 Å². The van der Waals surface area contributed by atoms with E-state index >= 15 is 0 Å². The molecule has 0 atom stereocenters. The molecule has 0 saturated carbocycles. The molecule has 1 fully saturated rings. The lowest BCUT2D eigenvalue weighted by Gasteiger charge is -2.32. The average Bonchev–Trinajstić information content (AvgIpc) is 2.62. The fraction of sp³-hybridized carbons (Fsp3) is 0.353. The lowest BCUT2D eigenvalue weighted by Crippen LogP contribution is -2.45. The molecule has 0 spiro atoms. The van der Waals surface area contributed by atoms with Crippen molar-refractivity contribution in [1.29, 1.82) is 0 Å². The van der Waals surface area contributed by atoms with Gasteiger partial charge in [-0.2, -0.15) is 13.2 Å². The van der Waals surface area contributed by atoms with Crippen LogP contribution in [0.1, 0.15) is 15.9 Å². The van der Waals surface area contributed by atoms with E-state index < -0.39 is 17.6 Å². The van der Waals surface area contributed by atoms with Crippen LogP contribution in [0.3, 0.4) is 0 Å². The van der Waals surface area contributed by atoms with Gasteiger partial charge in [-0.3, -0.25) is 4.79 Å². The molecule has 2 heterocycles. The van der Waals surface area contributed by atoms with Crippen LogP contribution in [0.4, 0.5) is 24.8 Å². The Bertz CT molecular complexity index is 771. The van der Waals surface area contributed by atoms with Crippen LogP contribution >= 0.6 is 0 Å². The summed E-state index contributed by atoms with van der Waals surface area (Å²) >= 11 is 0. The zero-order valence-corrected chi connectivity index (χ0v) is 14.1. The molecule has 3 rings (SSSR count). The van der Waals surface area contributed by atoms with Gasteiger partial charge >= 0.3 is 6.18 Å². The Balaban J connectivity index is 1.67. The highest BCUT2D eigenvalue weighted by Crippen LogP contribution is 2.30. The normalized spacial score (nSPS) is 15.8. The molecule has 9 heteroatoms. The van der Waals surface area contributed by atoms with Gasteiger partial charge in [-0.15, -0.1) is 0 Å². The second-order valence-electron chi connectivity index (χ2n) is 6.09. The van der Waals surface area contributed by atoms with Gasteiger partial charge in [0.2, 0.25) is 5.95 Å². The molecule has 26 heavy (non-hydrogen) atoms. The maximum absolute atomic E-state index is 12.7. The zero-order chi connectivity index (χ0) is 18.7. The van der Waals surface area contributed by atoms with Crippen LogP contribution < -0.4 is 10.2 Å². The van der Waals surface area contributed by atoms with E-state index in [9.17, 15) is 18.0 Å². The number of rotatable bonds is 3. The fourth-order valence-corrected chi connectivity index (χ4v) is 2.58. The number of nitrogens with zero attached hydrogens (tertiary/aromatic N) is 4.